The van der Waals surface area contributed by atoms with Gasteiger partial charge in [0.2, 0.25) is 0 Å². The molecule has 1 heterocycles. The third-order valence-electron chi connectivity index (χ3n) is 3.88. The van der Waals surface area contributed by atoms with E-state index in [0.29, 0.717) is 22.6 Å². The fraction of sp³-hybridized carbons (Fsp3) is 0.600. The number of halogens is 1. The molecule has 1 unspecified atom stereocenters. The van der Waals surface area contributed by atoms with Crippen LogP contribution >= 0.6 is 11.6 Å². The lowest BCUT2D eigenvalue weighted by Gasteiger charge is -2.25. The molecule has 1 atom stereocenters. The van der Waals surface area contributed by atoms with E-state index in [9.17, 15) is 0 Å². The van der Waals surface area contributed by atoms with Gasteiger partial charge in [0, 0.05) is 19.1 Å². The molecule has 1 aliphatic rings. The highest BCUT2D eigenvalue weighted by Gasteiger charge is 2.25. The molecule has 2 rings (SSSR count). The van der Waals surface area contributed by atoms with Crippen molar-refractivity contribution in [3.8, 4) is 11.5 Å². The highest BCUT2D eigenvalue weighted by Crippen LogP contribution is 2.38. The normalized spacial score (nSPS) is 19.3. The monoisotopic (exact) mass is 298 g/mol. The van der Waals surface area contributed by atoms with E-state index in [0.717, 1.165) is 25.2 Å². The SMILES string of the molecule is CNCC1CCCN1Cc1ccc(OC)c(OC)c1Cl. The van der Waals surface area contributed by atoms with Crippen molar-refractivity contribution < 1.29 is 9.47 Å². The Morgan fingerprint density at radius 2 is 2.15 bits per heavy atom. The van der Waals surface area contributed by atoms with Crippen LogP contribution in [0.15, 0.2) is 12.1 Å². The lowest BCUT2D eigenvalue weighted by atomic mass is 10.1. The summed E-state index contributed by atoms with van der Waals surface area (Å²) in [7, 11) is 5.24. The summed E-state index contributed by atoms with van der Waals surface area (Å²) in [4.78, 5) is 2.48. The average Bonchev–Trinajstić information content (AvgIpc) is 2.88. The van der Waals surface area contributed by atoms with Crippen molar-refractivity contribution in [2.24, 2.45) is 0 Å². The first kappa shape index (κ1) is 15.4. The van der Waals surface area contributed by atoms with Crippen LogP contribution in [-0.4, -0.2) is 45.3 Å². The highest BCUT2D eigenvalue weighted by molar-refractivity contribution is 6.33. The van der Waals surface area contributed by atoms with Crippen molar-refractivity contribution in [1.82, 2.24) is 10.2 Å². The van der Waals surface area contributed by atoms with Crippen molar-refractivity contribution >= 4 is 11.6 Å². The zero-order valence-electron chi connectivity index (χ0n) is 12.4. The molecular formula is C15H23ClN2O2. The standard InChI is InChI=1S/C15H23ClN2O2/c1-17-9-12-5-4-8-18(12)10-11-6-7-13(19-2)15(20-3)14(11)16/h6-7,12,17H,4-5,8-10H2,1-3H3. The molecule has 1 N–H and O–H groups in total. The Kier molecular flexibility index (Phi) is 5.52. The zero-order valence-corrected chi connectivity index (χ0v) is 13.2. The molecular weight excluding hydrogens is 276 g/mol. The fourth-order valence-corrected chi connectivity index (χ4v) is 3.13. The molecule has 0 aromatic heterocycles. The number of hydrogen-bond donors (Lipinski definition) is 1. The van der Waals surface area contributed by atoms with Crippen LogP contribution in [0.1, 0.15) is 18.4 Å². The first-order chi connectivity index (χ1) is 9.71. The molecule has 0 radical (unpaired) electrons. The maximum absolute atomic E-state index is 6.45. The van der Waals surface area contributed by atoms with Crippen molar-refractivity contribution in [2.75, 3.05) is 34.4 Å². The van der Waals surface area contributed by atoms with E-state index < -0.39 is 0 Å². The molecule has 4 nitrogen and oxygen atoms in total. The summed E-state index contributed by atoms with van der Waals surface area (Å²) in [5, 5.41) is 3.92. The maximum atomic E-state index is 6.45. The minimum atomic E-state index is 0.587. The molecule has 0 spiro atoms. The first-order valence-corrected chi connectivity index (χ1v) is 7.37. The van der Waals surface area contributed by atoms with E-state index in [2.05, 4.69) is 10.2 Å². The summed E-state index contributed by atoms with van der Waals surface area (Å²) in [5.74, 6) is 1.30. The molecule has 1 aromatic rings. The molecule has 1 aromatic carbocycles. The zero-order chi connectivity index (χ0) is 14.5. The average molecular weight is 299 g/mol. The molecule has 20 heavy (non-hydrogen) atoms. The Balaban J connectivity index is 2.17. The molecule has 0 amide bonds. The number of likely N-dealkylation sites (N-methyl/N-ethyl adjacent to an activating group) is 1. The van der Waals surface area contributed by atoms with Crippen LogP contribution in [0.3, 0.4) is 0 Å². The number of methoxy groups -OCH3 is 2. The summed E-state index contributed by atoms with van der Waals surface area (Å²) in [6.07, 6.45) is 2.49. The van der Waals surface area contributed by atoms with Crippen molar-refractivity contribution in [2.45, 2.75) is 25.4 Å². The number of benzene rings is 1. The Morgan fingerprint density at radius 1 is 1.35 bits per heavy atom. The van der Waals surface area contributed by atoms with E-state index in [1.54, 1.807) is 14.2 Å². The van der Waals surface area contributed by atoms with E-state index in [-0.39, 0.29) is 0 Å². The lowest BCUT2D eigenvalue weighted by Crippen LogP contribution is -2.36. The number of nitrogens with zero attached hydrogens (tertiary/aromatic N) is 1. The number of likely N-dealkylation sites (tertiary alicyclic amines) is 1. The Morgan fingerprint density at radius 3 is 2.80 bits per heavy atom. The lowest BCUT2D eigenvalue weighted by molar-refractivity contribution is 0.242. The number of nitrogens with one attached hydrogen (secondary N) is 1. The van der Waals surface area contributed by atoms with Gasteiger partial charge in [-0.1, -0.05) is 17.7 Å². The molecule has 5 heteroatoms. The topological polar surface area (TPSA) is 33.7 Å². The first-order valence-electron chi connectivity index (χ1n) is 6.99. The summed E-state index contributed by atoms with van der Waals surface area (Å²) in [6.45, 7) is 2.99. The Labute approximate surface area is 126 Å². The van der Waals surface area contributed by atoms with Gasteiger partial charge in [-0.2, -0.15) is 0 Å². The van der Waals surface area contributed by atoms with Crippen LogP contribution in [-0.2, 0) is 6.54 Å². The minimum Gasteiger partial charge on any atom is -0.493 e. The summed E-state index contributed by atoms with van der Waals surface area (Å²) in [6, 6.07) is 4.53. The molecule has 1 fully saturated rings. The fourth-order valence-electron chi connectivity index (χ4n) is 2.84. The van der Waals surface area contributed by atoms with E-state index in [1.807, 2.05) is 19.2 Å². The summed E-state index contributed by atoms with van der Waals surface area (Å²) >= 11 is 6.45. The van der Waals surface area contributed by atoms with Crippen LogP contribution in [0.2, 0.25) is 5.02 Å². The number of rotatable bonds is 6. The van der Waals surface area contributed by atoms with Gasteiger partial charge in [-0.3, -0.25) is 4.90 Å². The smallest absolute Gasteiger partial charge is 0.179 e. The van der Waals surface area contributed by atoms with Crippen LogP contribution in [0.4, 0.5) is 0 Å². The third kappa shape index (κ3) is 3.19. The van der Waals surface area contributed by atoms with Crippen molar-refractivity contribution in [3.63, 3.8) is 0 Å². The van der Waals surface area contributed by atoms with Gasteiger partial charge >= 0.3 is 0 Å². The van der Waals surface area contributed by atoms with Gasteiger partial charge in [0.05, 0.1) is 19.2 Å². The predicted octanol–water partition coefficient (Wildman–Crippen LogP) is 2.54. The maximum Gasteiger partial charge on any atom is 0.179 e. The van der Waals surface area contributed by atoms with Crippen LogP contribution in [0.25, 0.3) is 0 Å². The van der Waals surface area contributed by atoms with E-state index >= 15 is 0 Å². The largest absolute Gasteiger partial charge is 0.493 e. The molecule has 0 aliphatic carbocycles. The highest BCUT2D eigenvalue weighted by atomic mass is 35.5. The van der Waals surface area contributed by atoms with Crippen LogP contribution in [0.5, 0.6) is 11.5 Å². The molecule has 1 aliphatic heterocycles. The Bertz CT molecular complexity index is 454. The second-order valence-corrected chi connectivity index (χ2v) is 5.48. The van der Waals surface area contributed by atoms with Gasteiger partial charge in [-0.05, 0) is 38.1 Å². The van der Waals surface area contributed by atoms with Gasteiger partial charge < -0.3 is 14.8 Å². The van der Waals surface area contributed by atoms with Gasteiger partial charge in [0.25, 0.3) is 0 Å². The second-order valence-electron chi connectivity index (χ2n) is 5.10. The quantitative estimate of drug-likeness (QED) is 0.875. The Hall–Kier alpha value is -0.970. The number of hydrogen-bond acceptors (Lipinski definition) is 4. The summed E-state index contributed by atoms with van der Waals surface area (Å²) < 4.78 is 10.6. The van der Waals surface area contributed by atoms with E-state index in [1.165, 1.54) is 12.8 Å². The minimum absolute atomic E-state index is 0.587. The predicted molar refractivity (Wildman–Crippen MR) is 81.9 cm³/mol. The van der Waals surface area contributed by atoms with Crippen molar-refractivity contribution in [1.29, 1.82) is 0 Å². The van der Waals surface area contributed by atoms with Gasteiger partial charge in [-0.15, -0.1) is 0 Å². The molecule has 1 saturated heterocycles. The van der Waals surface area contributed by atoms with Crippen LogP contribution < -0.4 is 14.8 Å². The van der Waals surface area contributed by atoms with Gasteiger partial charge in [0.15, 0.2) is 11.5 Å². The number of ether oxygens (including phenoxy) is 2. The van der Waals surface area contributed by atoms with E-state index in [4.69, 9.17) is 21.1 Å². The van der Waals surface area contributed by atoms with Crippen LogP contribution in [0, 0.1) is 0 Å². The summed E-state index contributed by atoms with van der Waals surface area (Å²) in [5.41, 5.74) is 1.09. The molecule has 112 valence electrons. The molecule has 0 bridgehead atoms. The van der Waals surface area contributed by atoms with Gasteiger partial charge in [-0.25, -0.2) is 0 Å². The second kappa shape index (κ2) is 7.16. The molecule has 0 saturated carbocycles. The van der Waals surface area contributed by atoms with Gasteiger partial charge in [0.1, 0.15) is 0 Å². The van der Waals surface area contributed by atoms with Crippen molar-refractivity contribution in [3.05, 3.63) is 22.7 Å². The third-order valence-corrected chi connectivity index (χ3v) is 4.29.